The van der Waals surface area contributed by atoms with Gasteiger partial charge < -0.3 is 4.74 Å². The van der Waals surface area contributed by atoms with Gasteiger partial charge in [0.15, 0.2) is 0 Å². The second-order valence-electron chi connectivity index (χ2n) is 10.0. The molecule has 4 rings (SSSR count). The molecule has 4 aliphatic rings. The first-order valence-corrected chi connectivity index (χ1v) is 9.82. The second kappa shape index (κ2) is 4.95. The Kier molecular flexibility index (Phi) is 3.41. The van der Waals surface area contributed by atoms with E-state index in [0.29, 0.717) is 0 Å². The Labute approximate surface area is 150 Å². The first-order valence-electron chi connectivity index (χ1n) is 9.82. The van der Waals surface area contributed by atoms with Crippen LogP contribution in [0.5, 0.6) is 0 Å². The maximum Gasteiger partial charge on any atom is 0.311 e. The van der Waals surface area contributed by atoms with Gasteiger partial charge >= 0.3 is 5.97 Å². The molecule has 0 amide bonds. The molecule has 0 N–H and O–H groups in total. The number of ketones is 2. The van der Waals surface area contributed by atoms with Gasteiger partial charge in [0.05, 0.1) is 12.5 Å². The Bertz CT molecular complexity index is 669. The molecule has 4 heteroatoms. The number of hydrogen-bond acceptors (Lipinski definition) is 4. The minimum Gasteiger partial charge on any atom is -0.469 e. The standard InChI is InChI=1S/C21H30O4/c1-18-10-6-14-19(2)8-5-9-20(3,17(24)25-4)13(19)7-11-21(14,12-18)16(23)15(18)22/h13-14H,5-12H2,1-4H3/t13-,14-,18-,19+,20+,21-/m0/s1. The van der Waals surface area contributed by atoms with Gasteiger partial charge in [-0.1, -0.05) is 20.3 Å². The average Bonchev–Trinajstić information content (AvgIpc) is 2.71. The summed E-state index contributed by atoms with van der Waals surface area (Å²) in [7, 11) is 1.48. The zero-order chi connectivity index (χ0) is 18.3. The van der Waals surface area contributed by atoms with Crippen LogP contribution in [0.25, 0.3) is 0 Å². The van der Waals surface area contributed by atoms with E-state index in [9.17, 15) is 14.4 Å². The highest BCUT2D eigenvalue weighted by Crippen LogP contribution is 2.72. The average molecular weight is 346 g/mol. The summed E-state index contributed by atoms with van der Waals surface area (Å²) in [5.41, 5.74) is -1.41. The summed E-state index contributed by atoms with van der Waals surface area (Å²) in [5, 5.41) is 0. The van der Waals surface area contributed by atoms with Gasteiger partial charge in [0.1, 0.15) is 0 Å². The van der Waals surface area contributed by atoms with Crippen molar-refractivity contribution in [2.45, 2.75) is 72.1 Å². The third kappa shape index (κ3) is 1.86. The van der Waals surface area contributed by atoms with Crippen LogP contribution in [0.3, 0.4) is 0 Å². The number of hydrogen-bond donors (Lipinski definition) is 0. The van der Waals surface area contributed by atoms with Crippen LogP contribution in [0.1, 0.15) is 72.1 Å². The molecule has 2 bridgehead atoms. The number of rotatable bonds is 1. The summed E-state index contributed by atoms with van der Waals surface area (Å²) < 4.78 is 5.18. The number of esters is 1. The normalized spacial score (nSPS) is 51.7. The van der Waals surface area contributed by atoms with E-state index >= 15 is 0 Å². The van der Waals surface area contributed by atoms with Crippen LogP contribution < -0.4 is 0 Å². The van der Waals surface area contributed by atoms with E-state index in [-0.39, 0.29) is 34.8 Å². The second-order valence-corrected chi connectivity index (χ2v) is 10.0. The van der Waals surface area contributed by atoms with E-state index in [4.69, 9.17) is 4.74 Å². The lowest BCUT2D eigenvalue weighted by Gasteiger charge is -2.63. The monoisotopic (exact) mass is 346 g/mol. The summed E-state index contributed by atoms with van der Waals surface area (Å²) in [6.45, 7) is 6.35. The van der Waals surface area contributed by atoms with Crippen molar-refractivity contribution in [3.05, 3.63) is 0 Å². The maximum atomic E-state index is 13.1. The van der Waals surface area contributed by atoms with Gasteiger partial charge in [-0.3, -0.25) is 14.4 Å². The van der Waals surface area contributed by atoms with Gasteiger partial charge in [0, 0.05) is 10.8 Å². The molecule has 1 spiro atoms. The summed E-state index contributed by atoms with van der Waals surface area (Å²) in [6, 6.07) is 0. The molecule has 4 aliphatic carbocycles. The molecule has 4 fully saturated rings. The van der Waals surface area contributed by atoms with Crippen molar-refractivity contribution in [2.24, 2.45) is 33.5 Å². The molecular weight excluding hydrogens is 316 g/mol. The largest absolute Gasteiger partial charge is 0.469 e. The molecule has 6 atom stereocenters. The highest BCUT2D eigenvalue weighted by Gasteiger charge is 2.71. The first-order chi connectivity index (χ1) is 11.6. The Morgan fingerprint density at radius 2 is 1.64 bits per heavy atom. The predicted molar refractivity (Wildman–Crippen MR) is 92.7 cm³/mol. The third-order valence-electron chi connectivity index (χ3n) is 8.87. The fourth-order valence-electron chi connectivity index (χ4n) is 7.77. The molecule has 138 valence electrons. The van der Waals surface area contributed by atoms with Crippen LogP contribution in [-0.4, -0.2) is 24.6 Å². The summed E-state index contributed by atoms with van der Waals surface area (Å²) >= 11 is 0. The van der Waals surface area contributed by atoms with Crippen molar-refractivity contribution in [1.29, 1.82) is 0 Å². The predicted octanol–water partition coefficient (Wildman–Crippen LogP) is 3.71. The summed E-state index contributed by atoms with van der Waals surface area (Å²) in [5.74, 6) is 0.152. The molecule has 4 nitrogen and oxygen atoms in total. The van der Waals surface area contributed by atoms with Gasteiger partial charge in [-0.15, -0.1) is 0 Å². The quantitative estimate of drug-likeness (QED) is 0.536. The van der Waals surface area contributed by atoms with Crippen LogP contribution in [0.2, 0.25) is 0 Å². The van der Waals surface area contributed by atoms with Crippen LogP contribution in [0.4, 0.5) is 0 Å². The van der Waals surface area contributed by atoms with E-state index in [1.54, 1.807) is 0 Å². The van der Waals surface area contributed by atoms with Gasteiger partial charge in [0.2, 0.25) is 11.6 Å². The number of methoxy groups -OCH3 is 1. The molecule has 0 aliphatic heterocycles. The SMILES string of the molecule is COC(=O)[C@]1(C)CCC[C@@]2(C)[C@@H]3CC[C@@]4(C)C[C@]3(CC[C@@H]21)C(=O)C4=O. The van der Waals surface area contributed by atoms with Crippen LogP contribution in [0.15, 0.2) is 0 Å². The number of fused-ring (bicyclic) bond motifs is 3. The smallest absolute Gasteiger partial charge is 0.311 e. The number of ether oxygens (including phenoxy) is 1. The lowest BCUT2D eigenvalue weighted by Crippen LogP contribution is -2.60. The van der Waals surface area contributed by atoms with Crippen molar-refractivity contribution in [3.8, 4) is 0 Å². The minimum absolute atomic E-state index is 0.0545. The molecule has 4 saturated carbocycles. The fraction of sp³-hybridized carbons (Fsp3) is 0.857. The van der Waals surface area contributed by atoms with Crippen molar-refractivity contribution >= 4 is 17.5 Å². The molecule has 0 aromatic heterocycles. The highest BCUT2D eigenvalue weighted by molar-refractivity contribution is 6.43. The van der Waals surface area contributed by atoms with E-state index in [2.05, 4.69) is 13.8 Å². The van der Waals surface area contributed by atoms with Crippen molar-refractivity contribution in [1.82, 2.24) is 0 Å². The summed E-state index contributed by atoms with van der Waals surface area (Å²) in [6.07, 6.45) is 7.03. The topological polar surface area (TPSA) is 60.4 Å². The Morgan fingerprint density at radius 1 is 0.960 bits per heavy atom. The minimum atomic E-state index is -0.463. The molecule has 0 aromatic rings. The molecule has 0 heterocycles. The molecular formula is C21H30O4. The maximum absolute atomic E-state index is 13.1. The van der Waals surface area contributed by atoms with Gasteiger partial charge in [-0.25, -0.2) is 0 Å². The van der Waals surface area contributed by atoms with Crippen molar-refractivity contribution in [3.63, 3.8) is 0 Å². The van der Waals surface area contributed by atoms with Gasteiger partial charge in [-0.05, 0) is 69.1 Å². The molecule has 0 saturated heterocycles. The number of carbonyl (C=O) groups is 3. The molecule has 0 radical (unpaired) electrons. The zero-order valence-electron chi connectivity index (χ0n) is 15.9. The van der Waals surface area contributed by atoms with Crippen molar-refractivity contribution in [2.75, 3.05) is 7.11 Å². The molecule has 0 unspecified atom stereocenters. The Hall–Kier alpha value is -1.19. The van der Waals surface area contributed by atoms with E-state index in [1.807, 2.05) is 6.92 Å². The highest BCUT2D eigenvalue weighted by atomic mass is 16.5. The van der Waals surface area contributed by atoms with E-state index < -0.39 is 16.2 Å². The van der Waals surface area contributed by atoms with Gasteiger partial charge in [0.25, 0.3) is 0 Å². The lowest BCUT2D eigenvalue weighted by atomic mass is 9.40. The third-order valence-corrected chi connectivity index (χ3v) is 8.87. The van der Waals surface area contributed by atoms with Crippen LogP contribution >= 0.6 is 0 Å². The summed E-state index contributed by atoms with van der Waals surface area (Å²) in [4.78, 5) is 38.4. The molecule has 0 aromatic carbocycles. The first kappa shape index (κ1) is 17.2. The number of Topliss-reactive ketones (excluding diaryl/α,β-unsaturated/α-hetero) is 2. The van der Waals surface area contributed by atoms with Gasteiger partial charge in [-0.2, -0.15) is 0 Å². The Morgan fingerprint density at radius 3 is 2.32 bits per heavy atom. The van der Waals surface area contributed by atoms with E-state index in [0.717, 1.165) is 51.4 Å². The van der Waals surface area contributed by atoms with Crippen LogP contribution in [0, 0.1) is 33.5 Å². The Balaban J connectivity index is 1.78. The van der Waals surface area contributed by atoms with Crippen LogP contribution in [-0.2, 0) is 19.1 Å². The zero-order valence-corrected chi connectivity index (χ0v) is 15.9. The van der Waals surface area contributed by atoms with Crippen molar-refractivity contribution < 1.29 is 19.1 Å². The molecule has 25 heavy (non-hydrogen) atoms. The number of carbonyl (C=O) groups excluding carboxylic acids is 3. The lowest BCUT2D eigenvalue weighted by molar-refractivity contribution is -0.186. The van der Waals surface area contributed by atoms with E-state index in [1.165, 1.54) is 7.11 Å². The fourth-order valence-corrected chi connectivity index (χ4v) is 7.77.